The molecule has 7 heteroatoms. The van der Waals surface area contributed by atoms with Crippen LogP contribution in [-0.4, -0.2) is 17.9 Å². The van der Waals surface area contributed by atoms with Crippen LogP contribution in [0.25, 0.3) is 0 Å². The van der Waals surface area contributed by atoms with E-state index in [2.05, 4.69) is 33.2 Å². The first-order valence-electron chi connectivity index (χ1n) is 6.69. The standard InChI is InChI=1S/C15H12ClIN2O2S/c16-8-1-4-10(12(17)7-8)13(20)19-15-11(5-6-22-15)14(21)18-9-2-3-9/h1,4-7,9H,2-3H2,(H,18,21)(H,19,20). The first kappa shape index (κ1) is 15.8. The molecule has 1 fully saturated rings. The number of halogens is 2. The van der Waals surface area contributed by atoms with Crippen molar-refractivity contribution in [3.8, 4) is 0 Å². The molecule has 0 unspecified atom stereocenters. The van der Waals surface area contributed by atoms with Crippen molar-refractivity contribution in [3.63, 3.8) is 0 Å². The maximum absolute atomic E-state index is 12.4. The van der Waals surface area contributed by atoms with Crippen molar-refractivity contribution in [2.24, 2.45) is 0 Å². The second-order valence-corrected chi connectivity index (χ2v) is 7.50. The van der Waals surface area contributed by atoms with Gasteiger partial charge in [0.15, 0.2) is 0 Å². The molecule has 1 saturated carbocycles. The van der Waals surface area contributed by atoms with Crippen molar-refractivity contribution < 1.29 is 9.59 Å². The lowest BCUT2D eigenvalue weighted by Crippen LogP contribution is -2.26. The van der Waals surface area contributed by atoms with E-state index < -0.39 is 0 Å². The van der Waals surface area contributed by atoms with Gasteiger partial charge in [-0.15, -0.1) is 11.3 Å². The van der Waals surface area contributed by atoms with Crippen LogP contribution in [0, 0.1) is 3.57 Å². The zero-order chi connectivity index (χ0) is 15.7. The smallest absolute Gasteiger partial charge is 0.257 e. The van der Waals surface area contributed by atoms with Crippen LogP contribution in [0.4, 0.5) is 5.00 Å². The fourth-order valence-electron chi connectivity index (χ4n) is 1.92. The molecule has 1 aromatic heterocycles. The van der Waals surface area contributed by atoms with Gasteiger partial charge in [-0.2, -0.15) is 0 Å². The number of benzene rings is 1. The number of nitrogens with one attached hydrogen (secondary N) is 2. The van der Waals surface area contributed by atoms with Gasteiger partial charge in [-0.1, -0.05) is 11.6 Å². The quantitative estimate of drug-likeness (QED) is 0.693. The third-order valence-electron chi connectivity index (χ3n) is 3.23. The highest BCUT2D eigenvalue weighted by atomic mass is 127. The van der Waals surface area contributed by atoms with E-state index in [1.807, 2.05) is 0 Å². The van der Waals surface area contributed by atoms with Gasteiger partial charge < -0.3 is 10.6 Å². The highest BCUT2D eigenvalue weighted by Crippen LogP contribution is 2.27. The molecule has 0 radical (unpaired) electrons. The summed E-state index contributed by atoms with van der Waals surface area (Å²) in [6, 6.07) is 7.09. The molecule has 2 amide bonds. The molecule has 1 aromatic carbocycles. The third kappa shape index (κ3) is 3.61. The topological polar surface area (TPSA) is 58.2 Å². The molecule has 0 spiro atoms. The Morgan fingerprint density at radius 2 is 1.95 bits per heavy atom. The third-order valence-corrected chi connectivity index (χ3v) is 5.18. The van der Waals surface area contributed by atoms with E-state index in [-0.39, 0.29) is 17.9 Å². The summed E-state index contributed by atoms with van der Waals surface area (Å²) in [5, 5.41) is 8.68. The number of carbonyl (C=O) groups is 2. The minimum absolute atomic E-state index is 0.134. The molecule has 2 N–H and O–H groups in total. The zero-order valence-corrected chi connectivity index (χ0v) is 15.1. The minimum Gasteiger partial charge on any atom is -0.349 e. The van der Waals surface area contributed by atoms with Gasteiger partial charge in [0.05, 0.1) is 11.1 Å². The second-order valence-electron chi connectivity index (χ2n) is 4.99. The van der Waals surface area contributed by atoms with Gasteiger partial charge in [0, 0.05) is 14.6 Å². The summed E-state index contributed by atoms with van der Waals surface area (Å²) >= 11 is 9.30. The lowest BCUT2D eigenvalue weighted by molar-refractivity contribution is 0.0952. The monoisotopic (exact) mass is 446 g/mol. The zero-order valence-electron chi connectivity index (χ0n) is 11.4. The molecule has 3 rings (SSSR count). The van der Waals surface area contributed by atoms with E-state index in [9.17, 15) is 9.59 Å². The predicted molar refractivity (Wildman–Crippen MR) is 96.9 cm³/mol. The summed E-state index contributed by atoms with van der Waals surface area (Å²) < 4.78 is 0.767. The molecule has 1 aliphatic carbocycles. The fraction of sp³-hybridized carbons (Fsp3) is 0.200. The molecule has 4 nitrogen and oxygen atoms in total. The average molecular weight is 447 g/mol. The Labute approximate surface area is 150 Å². The molecule has 114 valence electrons. The van der Waals surface area contributed by atoms with Crippen molar-refractivity contribution in [1.82, 2.24) is 5.32 Å². The number of amides is 2. The molecule has 0 atom stereocenters. The second kappa shape index (κ2) is 6.55. The van der Waals surface area contributed by atoms with E-state index >= 15 is 0 Å². The average Bonchev–Trinajstić information content (AvgIpc) is 3.14. The van der Waals surface area contributed by atoms with Gasteiger partial charge in [-0.05, 0) is 65.1 Å². The van der Waals surface area contributed by atoms with Crippen LogP contribution in [0.1, 0.15) is 33.6 Å². The van der Waals surface area contributed by atoms with Crippen molar-refractivity contribution in [2.45, 2.75) is 18.9 Å². The molecule has 22 heavy (non-hydrogen) atoms. The molecule has 1 heterocycles. The van der Waals surface area contributed by atoms with Gasteiger partial charge in [0.2, 0.25) is 0 Å². The van der Waals surface area contributed by atoms with Gasteiger partial charge in [-0.25, -0.2) is 0 Å². The lowest BCUT2D eigenvalue weighted by Gasteiger charge is -2.08. The van der Waals surface area contributed by atoms with E-state index in [1.54, 1.807) is 29.6 Å². The molecule has 0 aliphatic heterocycles. The van der Waals surface area contributed by atoms with Crippen molar-refractivity contribution >= 4 is 62.3 Å². The van der Waals surface area contributed by atoms with Crippen molar-refractivity contribution in [2.75, 3.05) is 5.32 Å². The van der Waals surface area contributed by atoms with Gasteiger partial charge >= 0.3 is 0 Å². The number of rotatable bonds is 4. The summed E-state index contributed by atoms with van der Waals surface area (Å²) in [7, 11) is 0. The van der Waals surface area contributed by atoms with Gasteiger partial charge in [0.25, 0.3) is 11.8 Å². The van der Waals surface area contributed by atoms with Crippen LogP contribution in [0.2, 0.25) is 5.02 Å². The number of hydrogen-bond acceptors (Lipinski definition) is 3. The Morgan fingerprint density at radius 1 is 1.18 bits per heavy atom. The number of anilines is 1. The van der Waals surface area contributed by atoms with Gasteiger partial charge in [-0.3, -0.25) is 9.59 Å². The predicted octanol–water partition coefficient (Wildman–Crippen LogP) is 4.15. The van der Waals surface area contributed by atoms with Crippen LogP contribution in [0.3, 0.4) is 0 Å². The maximum Gasteiger partial charge on any atom is 0.257 e. The van der Waals surface area contributed by atoms with Crippen LogP contribution in [-0.2, 0) is 0 Å². The first-order valence-corrected chi connectivity index (χ1v) is 9.03. The molecular formula is C15H12ClIN2O2S. The van der Waals surface area contributed by atoms with Crippen LogP contribution < -0.4 is 10.6 Å². The SMILES string of the molecule is O=C(Nc1sccc1C(=O)NC1CC1)c1ccc(Cl)cc1I. The summed E-state index contributed by atoms with van der Waals surface area (Å²) in [6.07, 6.45) is 2.06. The maximum atomic E-state index is 12.4. The van der Waals surface area contributed by atoms with Crippen LogP contribution in [0.5, 0.6) is 0 Å². The van der Waals surface area contributed by atoms with E-state index in [4.69, 9.17) is 11.6 Å². The molecule has 0 bridgehead atoms. The summed E-state index contributed by atoms with van der Waals surface area (Å²) in [5.41, 5.74) is 1.04. The molecule has 2 aromatic rings. The van der Waals surface area contributed by atoms with Crippen LogP contribution >= 0.6 is 45.5 Å². The molecule has 0 saturated heterocycles. The molecule has 1 aliphatic rings. The van der Waals surface area contributed by atoms with Crippen LogP contribution in [0.15, 0.2) is 29.6 Å². The Kier molecular flexibility index (Phi) is 4.70. The summed E-state index contributed by atoms with van der Waals surface area (Å²) in [5.74, 6) is -0.381. The Bertz CT molecular complexity index is 743. The number of carbonyl (C=O) groups excluding carboxylic acids is 2. The van der Waals surface area contributed by atoms with Crippen molar-refractivity contribution in [1.29, 1.82) is 0 Å². The van der Waals surface area contributed by atoms with Crippen molar-refractivity contribution in [3.05, 3.63) is 49.4 Å². The summed E-state index contributed by atoms with van der Waals surface area (Å²) in [6.45, 7) is 0. The highest BCUT2D eigenvalue weighted by molar-refractivity contribution is 14.1. The highest BCUT2D eigenvalue weighted by Gasteiger charge is 2.25. The largest absolute Gasteiger partial charge is 0.349 e. The molecular weight excluding hydrogens is 435 g/mol. The minimum atomic E-state index is -0.246. The van der Waals surface area contributed by atoms with E-state index in [0.29, 0.717) is 21.2 Å². The summed E-state index contributed by atoms with van der Waals surface area (Å²) in [4.78, 5) is 24.5. The van der Waals surface area contributed by atoms with Gasteiger partial charge in [0.1, 0.15) is 5.00 Å². The number of thiophene rings is 1. The Balaban J connectivity index is 1.76. The normalized spacial score (nSPS) is 13.7. The first-order chi connectivity index (χ1) is 10.5. The van der Waals surface area contributed by atoms with E-state index in [0.717, 1.165) is 16.4 Å². The lowest BCUT2D eigenvalue weighted by atomic mass is 10.2. The number of hydrogen-bond donors (Lipinski definition) is 2. The Morgan fingerprint density at radius 3 is 2.64 bits per heavy atom. The fourth-order valence-corrected chi connectivity index (χ4v) is 3.82. The Hall–Kier alpha value is -1.12. The van der Waals surface area contributed by atoms with E-state index in [1.165, 1.54) is 11.3 Å².